The molecule has 0 saturated carbocycles. The van der Waals surface area contributed by atoms with Crippen LogP contribution in [0.15, 0.2) is 40.9 Å². The third-order valence-corrected chi connectivity index (χ3v) is 4.21. The van der Waals surface area contributed by atoms with Crippen LogP contribution in [0.5, 0.6) is 0 Å². The highest BCUT2D eigenvalue weighted by Gasteiger charge is 2.30. The fourth-order valence-corrected chi connectivity index (χ4v) is 2.90. The number of nitrogens with one attached hydrogen (secondary N) is 1. The molecule has 0 bridgehead atoms. The molecule has 4 nitrogen and oxygen atoms in total. The highest BCUT2D eigenvalue weighted by molar-refractivity contribution is 9.10. The largest absolute Gasteiger partial charge is 0.328 e. The first kappa shape index (κ1) is 13.1. The second-order valence-corrected chi connectivity index (χ2v) is 5.77. The highest BCUT2D eigenvalue weighted by Crippen LogP contribution is 2.33. The third kappa shape index (κ3) is 2.08. The maximum Gasteiger partial charge on any atom is 0.328 e. The molecule has 1 unspecified atom stereocenters. The highest BCUT2D eigenvalue weighted by atomic mass is 79.9. The van der Waals surface area contributed by atoms with Gasteiger partial charge in [0.05, 0.1) is 11.6 Å². The van der Waals surface area contributed by atoms with Gasteiger partial charge in [0.25, 0.3) is 0 Å². The number of urea groups is 1. The Morgan fingerprint density at radius 3 is 2.60 bits per heavy atom. The lowest BCUT2D eigenvalue weighted by atomic mass is 10.0. The number of imide groups is 1. The van der Waals surface area contributed by atoms with Gasteiger partial charge in [0.15, 0.2) is 0 Å². The molecular formula is C15H13BrN2O2. The van der Waals surface area contributed by atoms with Crippen molar-refractivity contribution in [2.45, 2.75) is 6.92 Å². The van der Waals surface area contributed by atoms with Gasteiger partial charge in [0.1, 0.15) is 0 Å². The summed E-state index contributed by atoms with van der Waals surface area (Å²) in [5.74, 6) is -0.428. The first-order chi connectivity index (χ1) is 9.58. The van der Waals surface area contributed by atoms with E-state index in [1.165, 1.54) is 0 Å². The predicted molar refractivity (Wildman–Crippen MR) is 81.7 cm³/mol. The summed E-state index contributed by atoms with van der Waals surface area (Å²) in [4.78, 5) is 25.2. The average Bonchev–Trinajstić information content (AvgIpc) is 2.44. The van der Waals surface area contributed by atoms with Gasteiger partial charge >= 0.3 is 6.03 Å². The van der Waals surface area contributed by atoms with Crippen molar-refractivity contribution in [3.05, 3.63) is 40.9 Å². The second-order valence-electron chi connectivity index (χ2n) is 4.92. The topological polar surface area (TPSA) is 49.4 Å². The van der Waals surface area contributed by atoms with Crippen LogP contribution in [0.1, 0.15) is 6.92 Å². The fraction of sp³-hybridized carbons (Fsp3) is 0.200. The predicted octanol–water partition coefficient (Wildman–Crippen LogP) is 3.29. The van der Waals surface area contributed by atoms with Crippen LogP contribution in [-0.2, 0) is 4.79 Å². The molecular weight excluding hydrogens is 320 g/mol. The Hall–Kier alpha value is -1.88. The van der Waals surface area contributed by atoms with Gasteiger partial charge in [-0.3, -0.25) is 15.0 Å². The van der Waals surface area contributed by atoms with Crippen LogP contribution in [0.2, 0.25) is 0 Å². The molecule has 1 aliphatic heterocycles. The molecule has 1 aliphatic rings. The van der Waals surface area contributed by atoms with E-state index in [2.05, 4.69) is 21.2 Å². The number of hydrogen-bond acceptors (Lipinski definition) is 2. The average molecular weight is 333 g/mol. The number of benzene rings is 2. The smallest absolute Gasteiger partial charge is 0.293 e. The summed E-state index contributed by atoms with van der Waals surface area (Å²) in [7, 11) is 0. The van der Waals surface area contributed by atoms with E-state index in [0.29, 0.717) is 6.54 Å². The summed E-state index contributed by atoms with van der Waals surface area (Å²) in [5.41, 5.74) is 0.820. The number of carbonyl (C=O) groups excluding carboxylic acids is 2. The van der Waals surface area contributed by atoms with Crippen molar-refractivity contribution in [1.82, 2.24) is 5.32 Å². The van der Waals surface area contributed by atoms with Gasteiger partial charge in [-0.15, -0.1) is 0 Å². The van der Waals surface area contributed by atoms with Crippen LogP contribution in [0.25, 0.3) is 10.8 Å². The van der Waals surface area contributed by atoms with Gasteiger partial charge < -0.3 is 0 Å². The van der Waals surface area contributed by atoms with Crippen molar-refractivity contribution < 1.29 is 9.59 Å². The zero-order chi connectivity index (χ0) is 14.3. The van der Waals surface area contributed by atoms with E-state index >= 15 is 0 Å². The monoisotopic (exact) mass is 332 g/mol. The van der Waals surface area contributed by atoms with E-state index in [1.54, 1.807) is 4.90 Å². The van der Waals surface area contributed by atoms with Gasteiger partial charge in [0, 0.05) is 16.4 Å². The van der Waals surface area contributed by atoms with E-state index < -0.39 is 0 Å². The Bertz CT molecular complexity index is 714. The quantitative estimate of drug-likeness (QED) is 0.871. The summed E-state index contributed by atoms with van der Waals surface area (Å²) in [6, 6.07) is 11.3. The maximum atomic E-state index is 12.1. The second kappa shape index (κ2) is 4.90. The van der Waals surface area contributed by atoms with Crippen molar-refractivity contribution >= 4 is 44.3 Å². The molecule has 1 saturated heterocycles. The van der Waals surface area contributed by atoms with Crippen LogP contribution in [-0.4, -0.2) is 18.5 Å². The molecule has 0 aliphatic carbocycles. The van der Waals surface area contributed by atoms with Crippen LogP contribution in [0.4, 0.5) is 10.5 Å². The Labute approximate surface area is 124 Å². The lowest BCUT2D eigenvalue weighted by molar-refractivity contribution is -0.123. The minimum atomic E-state index is -0.361. The van der Waals surface area contributed by atoms with Crippen LogP contribution in [0, 0.1) is 5.92 Å². The molecule has 102 valence electrons. The summed E-state index contributed by atoms with van der Waals surface area (Å²) >= 11 is 3.52. The summed E-state index contributed by atoms with van der Waals surface area (Å²) in [5, 5.41) is 4.42. The normalized spacial score (nSPS) is 19.3. The van der Waals surface area contributed by atoms with E-state index in [1.807, 2.05) is 43.3 Å². The molecule has 0 aromatic heterocycles. The van der Waals surface area contributed by atoms with Gasteiger partial charge in [-0.05, 0) is 17.5 Å². The maximum absolute atomic E-state index is 12.1. The Balaban J connectivity index is 2.13. The molecule has 1 N–H and O–H groups in total. The lowest BCUT2D eigenvalue weighted by Crippen LogP contribution is -2.54. The van der Waals surface area contributed by atoms with Crippen LogP contribution in [0.3, 0.4) is 0 Å². The van der Waals surface area contributed by atoms with E-state index in [0.717, 1.165) is 20.9 Å². The SMILES string of the molecule is CC1CN(c2ccc(Br)c3ccccc23)C(=O)NC1=O. The summed E-state index contributed by atoms with van der Waals surface area (Å²) in [6.45, 7) is 2.21. The molecule has 0 spiro atoms. The lowest BCUT2D eigenvalue weighted by Gasteiger charge is -2.31. The van der Waals surface area contributed by atoms with E-state index in [9.17, 15) is 9.59 Å². The van der Waals surface area contributed by atoms with Crippen LogP contribution < -0.4 is 10.2 Å². The van der Waals surface area contributed by atoms with Crippen molar-refractivity contribution in [3.8, 4) is 0 Å². The molecule has 1 atom stereocenters. The van der Waals surface area contributed by atoms with Crippen molar-refractivity contribution in [2.75, 3.05) is 11.4 Å². The number of carbonyl (C=O) groups is 2. The van der Waals surface area contributed by atoms with Gasteiger partial charge in [-0.25, -0.2) is 4.79 Å². The molecule has 1 heterocycles. The number of fused-ring (bicyclic) bond motifs is 1. The zero-order valence-corrected chi connectivity index (χ0v) is 12.5. The molecule has 2 aromatic rings. The zero-order valence-electron chi connectivity index (χ0n) is 10.9. The number of rotatable bonds is 1. The Kier molecular flexibility index (Phi) is 3.22. The summed E-state index contributed by atoms with van der Waals surface area (Å²) in [6.07, 6.45) is 0. The standard InChI is InChI=1S/C15H13BrN2O2/c1-9-8-18(15(20)17-14(9)19)13-7-6-12(16)10-4-2-3-5-11(10)13/h2-7,9H,8H2,1H3,(H,17,19,20). The number of nitrogens with zero attached hydrogens (tertiary/aromatic N) is 1. The van der Waals surface area contributed by atoms with Crippen molar-refractivity contribution in [3.63, 3.8) is 0 Å². The Morgan fingerprint density at radius 2 is 1.85 bits per heavy atom. The number of hydrogen-bond donors (Lipinski definition) is 1. The van der Waals surface area contributed by atoms with Crippen molar-refractivity contribution in [1.29, 1.82) is 0 Å². The van der Waals surface area contributed by atoms with Gasteiger partial charge in [-0.1, -0.05) is 47.1 Å². The number of halogens is 1. The molecule has 0 radical (unpaired) electrons. The van der Waals surface area contributed by atoms with Crippen LogP contribution >= 0.6 is 15.9 Å². The molecule has 2 aromatic carbocycles. The van der Waals surface area contributed by atoms with Gasteiger partial charge in [0.2, 0.25) is 5.91 Å². The third-order valence-electron chi connectivity index (χ3n) is 3.52. The minimum absolute atomic E-state index is 0.213. The van der Waals surface area contributed by atoms with E-state index in [4.69, 9.17) is 0 Å². The molecule has 3 rings (SSSR count). The number of anilines is 1. The first-order valence-corrected chi connectivity index (χ1v) is 7.17. The summed E-state index contributed by atoms with van der Waals surface area (Å²) < 4.78 is 0.985. The molecule has 5 heteroatoms. The van der Waals surface area contributed by atoms with E-state index in [-0.39, 0.29) is 17.9 Å². The first-order valence-electron chi connectivity index (χ1n) is 6.37. The molecule has 3 amide bonds. The molecule has 20 heavy (non-hydrogen) atoms. The number of amides is 3. The minimum Gasteiger partial charge on any atom is -0.293 e. The van der Waals surface area contributed by atoms with Crippen molar-refractivity contribution in [2.24, 2.45) is 5.92 Å². The van der Waals surface area contributed by atoms with Gasteiger partial charge in [-0.2, -0.15) is 0 Å². The molecule has 1 fully saturated rings. The fourth-order valence-electron chi connectivity index (χ4n) is 2.43. The Morgan fingerprint density at radius 1 is 1.15 bits per heavy atom.